The van der Waals surface area contributed by atoms with Crippen molar-refractivity contribution >= 4 is 92.4 Å². The molecule has 4 aromatic rings. The molecule has 6 aliphatic rings. The molecule has 3 aromatic carbocycles. The second-order valence-electron chi connectivity index (χ2n) is 27.7. The molecule has 4 aliphatic heterocycles. The second kappa shape index (κ2) is 43.0. The molecule has 3 unspecified atom stereocenters. The number of aliphatic hydroxyl groups is 4. The van der Waals surface area contributed by atoms with Gasteiger partial charge in [0.25, 0.3) is 0 Å². The Kier molecular flexibility index (Phi) is 33.2. The molecule has 114 heavy (non-hydrogen) atoms. The number of Topliss-reactive ketones (excluding diaryl/α,β-unsaturated/α-hetero) is 1. The number of benzene rings is 3. The number of phenolic OH excluding ortho intramolecular Hbond substituents is 2. The number of carbonyl (C=O) groups excluding carboxylic acids is 5. The first-order valence-electron chi connectivity index (χ1n) is 38.4. The lowest BCUT2D eigenvalue weighted by Gasteiger charge is -2.42. The number of allylic oxidation sites excluding steroid dienone is 3. The van der Waals surface area contributed by atoms with Gasteiger partial charge in [-0.15, -0.1) is 0 Å². The fourth-order valence-corrected chi connectivity index (χ4v) is 16.2. The van der Waals surface area contributed by atoms with E-state index < -0.39 is 108 Å². The van der Waals surface area contributed by atoms with Crippen molar-refractivity contribution in [2.75, 3.05) is 145 Å². The number of aliphatic imine (C=N–C) groups is 4. The Labute approximate surface area is 670 Å². The van der Waals surface area contributed by atoms with Gasteiger partial charge in [-0.1, -0.05) is 47.6 Å². The first kappa shape index (κ1) is 88.0. The summed E-state index contributed by atoms with van der Waals surface area (Å²) in [5.74, 6) is -2.67. The van der Waals surface area contributed by atoms with Gasteiger partial charge in [0.2, 0.25) is 5.78 Å². The van der Waals surface area contributed by atoms with Crippen molar-refractivity contribution in [1.29, 1.82) is 0 Å². The molecule has 2 aliphatic carbocycles. The Morgan fingerprint density at radius 1 is 0.719 bits per heavy atom. The number of amides is 2. The molecular weight excluding hydrogens is 1520 g/mol. The van der Waals surface area contributed by atoms with Crippen molar-refractivity contribution in [3.63, 3.8) is 0 Å². The molecule has 6 bridgehead atoms. The quantitative estimate of drug-likeness (QED) is 0.0100. The van der Waals surface area contributed by atoms with E-state index in [4.69, 9.17) is 81.5 Å². The Balaban J connectivity index is 0.747. The number of hydrogen-bond donors (Lipinski definition) is 9. The van der Waals surface area contributed by atoms with Crippen LogP contribution in [0.2, 0.25) is 0 Å². The zero-order valence-electron chi connectivity index (χ0n) is 65.7. The lowest BCUT2D eigenvalue weighted by atomic mass is 9.72. The third-order valence-corrected chi connectivity index (χ3v) is 22.7. The van der Waals surface area contributed by atoms with E-state index in [9.17, 15) is 54.6 Å². The molecular formula is C81H105N7O24S2. The van der Waals surface area contributed by atoms with Crippen molar-refractivity contribution in [3.05, 3.63) is 114 Å². The van der Waals surface area contributed by atoms with Crippen LogP contribution in [0.1, 0.15) is 145 Å². The molecule has 5 heterocycles. The van der Waals surface area contributed by atoms with E-state index in [0.717, 1.165) is 57.9 Å². The van der Waals surface area contributed by atoms with E-state index in [0.29, 0.717) is 132 Å². The molecule has 9 N–H and O–H groups in total. The summed E-state index contributed by atoms with van der Waals surface area (Å²) in [6.07, 6.45) is 1.97. The molecule has 2 amide bonds. The highest BCUT2D eigenvalue weighted by atomic mass is 33.1. The lowest BCUT2D eigenvalue weighted by Crippen LogP contribution is -2.56. The third kappa shape index (κ3) is 21.8. The van der Waals surface area contributed by atoms with E-state index in [2.05, 4.69) is 42.5 Å². The Bertz CT molecular complexity index is 4310. The molecule has 620 valence electrons. The van der Waals surface area contributed by atoms with E-state index in [1.54, 1.807) is 38.8 Å². The van der Waals surface area contributed by atoms with Gasteiger partial charge in [0.05, 0.1) is 155 Å². The van der Waals surface area contributed by atoms with E-state index in [1.165, 1.54) is 64.9 Å². The SMILES string of the molecule is CCc1c2[nH]c(c1CC)CC1N=C(C=Nc3cc(OCCOCCOCCOC)c(OCCOCCOCCOC)cc3N=CC3=N/C(=C\2)C(CCCNC(=O)OCCSSCCOC(=O)N[C@H]2C[C@@H](OC4CC(O)(C(=O)CO)Cc5c(O)c6c(c(O)c54)C(=O)c4c(OC)cccc4C6=O)O[C@@H](C)[C@H]2O)=C3C)C(C)=C1CCCO. The van der Waals surface area contributed by atoms with Gasteiger partial charge in [0, 0.05) is 105 Å². The number of methoxy groups -OCH3 is 3. The standard InChI is InChI=1S/C81H105N7O24S2/c1-9-49-50(10-2)56-37-58-52(16-13-19-89)47(4)63(87-58)44-84-60-39-66(108-31-29-106-27-25-104-23-21-101-7)65(107-30-28-105-26-24-103-22-20-100-6)38-59(60)83-43-62-46(3)51(57(86-62)36-55(49)85-56)15-12-18-82-79(97)109-32-34-113-114-35-33-110-80(98)88-61-40-69(111-48(5)74(61)92)112-67-42-81(99,68(91)45-90)41-54-71(67)78(96)73-72(76(54)94)75(93)53-14-11-17-64(102-8)70(53)77(73)95/h11,14,17,36,38-39,43-44,48,58,61,67,69,74,85,89-90,92,94,96,99H,9-10,12-13,15-16,18-35,37,40-42,45H2,1-8H3,(H,82,97)(H,88,98)/b57-36-,83-43?,84-44?/t48-,58?,61-,67?,69+,74+,81?/m0/s1. The van der Waals surface area contributed by atoms with Gasteiger partial charge in [-0.3, -0.25) is 29.4 Å². The maximum Gasteiger partial charge on any atom is 0.407 e. The zero-order valence-corrected chi connectivity index (χ0v) is 67.4. The van der Waals surface area contributed by atoms with Gasteiger partial charge < -0.3 is 108 Å². The Morgan fingerprint density at radius 2 is 1.33 bits per heavy atom. The van der Waals surface area contributed by atoms with Crippen molar-refractivity contribution < 1.29 is 116 Å². The summed E-state index contributed by atoms with van der Waals surface area (Å²) in [4.78, 5) is 92.2. The average Bonchev–Trinajstić information content (AvgIpc) is 0.831. The van der Waals surface area contributed by atoms with Crippen LogP contribution >= 0.6 is 21.6 Å². The van der Waals surface area contributed by atoms with Crippen molar-refractivity contribution in [1.82, 2.24) is 15.6 Å². The minimum Gasteiger partial charge on any atom is -0.507 e. The molecule has 1 aromatic heterocycles. The second-order valence-corrected chi connectivity index (χ2v) is 30.4. The van der Waals surface area contributed by atoms with Gasteiger partial charge in [0.15, 0.2) is 29.4 Å². The minimum absolute atomic E-state index is 0.0370. The molecule has 7 atom stereocenters. The van der Waals surface area contributed by atoms with E-state index in [-0.39, 0.29) is 86.7 Å². The number of nitrogens with zero attached hydrogens (tertiary/aromatic N) is 4. The molecule has 1 fully saturated rings. The summed E-state index contributed by atoms with van der Waals surface area (Å²) in [6.45, 7) is 13.5. The number of ether oxygens (including phenoxy) is 13. The number of aliphatic hydroxyl groups excluding tert-OH is 3. The van der Waals surface area contributed by atoms with Gasteiger partial charge >= 0.3 is 12.2 Å². The number of nitrogens with one attached hydrogen (secondary N) is 3. The van der Waals surface area contributed by atoms with Crippen LogP contribution in [-0.2, 0) is 77.8 Å². The first-order chi connectivity index (χ1) is 55.2. The largest absolute Gasteiger partial charge is 0.507 e. The maximum atomic E-state index is 14.2. The number of rotatable bonds is 42. The van der Waals surface area contributed by atoms with Crippen molar-refractivity contribution in [3.8, 4) is 28.7 Å². The molecule has 0 radical (unpaired) electrons. The smallest absolute Gasteiger partial charge is 0.407 e. The van der Waals surface area contributed by atoms with Crippen LogP contribution in [-0.4, -0.2) is 270 Å². The predicted molar refractivity (Wildman–Crippen MR) is 428 cm³/mol. The third-order valence-electron chi connectivity index (χ3n) is 20.4. The number of H-pyrrole nitrogens is 1. The molecule has 1 saturated heterocycles. The Hall–Kier alpha value is -8.39. The lowest BCUT2D eigenvalue weighted by molar-refractivity contribution is -0.249. The molecule has 0 spiro atoms. The number of ketones is 3. The minimum atomic E-state index is -2.40. The monoisotopic (exact) mass is 1620 g/mol. The number of phenols is 2. The highest BCUT2D eigenvalue weighted by molar-refractivity contribution is 8.76. The predicted octanol–water partition coefficient (Wildman–Crippen LogP) is 8.61. The number of aromatic amines is 1. The van der Waals surface area contributed by atoms with Gasteiger partial charge in [-0.25, -0.2) is 14.6 Å². The number of fused-ring (bicyclic) bond motifs is 8. The van der Waals surface area contributed by atoms with Crippen LogP contribution in [0.15, 0.2) is 78.3 Å². The highest BCUT2D eigenvalue weighted by Crippen LogP contribution is 2.53. The van der Waals surface area contributed by atoms with Crippen LogP contribution in [0.25, 0.3) is 6.08 Å². The van der Waals surface area contributed by atoms with Crippen LogP contribution in [0.4, 0.5) is 21.0 Å². The first-order valence-corrected chi connectivity index (χ1v) is 40.9. The molecule has 33 heteroatoms. The van der Waals surface area contributed by atoms with Crippen molar-refractivity contribution in [2.45, 2.75) is 141 Å². The van der Waals surface area contributed by atoms with E-state index >= 15 is 0 Å². The molecule has 0 saturated carbocycles. The summed E-state index contributed by atoms with van der Waals surface area (Å²) < 4.78 is 74.4. The normalized spacial score (nSPS) is 20.8. The average molecular weight is 1620 g/mol. The number of alkyl carbamates (subject to hydrolysis) is 2. The number of aromatic nitrogens is 1. The Morgan fingerprint density at radius 3 is 1.95 bits per heavy atom. The molecule has 31 nitrogen and oxygen atoms in total. The van der Waals surface area contributed by atoms with Crippen LogP contribution in [0, 0.1) is 0 Å². The zero-order chi connectivity index (χ0) is 81.4. The summed E-state index contributed by atoms with van der Waals surface area (Å²) in [6, 6.07) is 6.62. The van der Waals surface area contributed by atoms with Crippen LogP contribution in [0.3, 0.4) is 0 Å². The summed E-state index contributed by atoms with van der Waals surface area (Å²) >= 11 is 0. The fraction of sp³-hybridized carbons (Fsp3) is 0.543. The highest BCUT2D eigenvalue weighted by Gasteiger charge is 2.51. The number of hydrogen-bond acceptors (Lipinski definition) is 30. The number of carbonyl (C=O) groups is 5. The summed E-state index contributed by atoms with van der Waals surface area (Å²) in [7, 11) is 7.31. The topological polar surface area (TPSA) is 416 Å². The van der Waals surface area contributed by atoms with Gasteiger partial charge in [-0.2, -0.15) is 0 Å². The summed E-state index contributed by atoms with van der Waals surface area (Å²) in [5, 5.41) is 72.2. The van der Waals surface area contributed by atoms with Gasteiger partial charge in [0.1, 0.15) is 62.0 Å². The maximum absolute atomic E-state index is 14.2. The van der Waals surface area contributed by atoms with E-state index in [1.807, 2.05) is 6.92 Å². The van der Waals surface area contributed by atoms with Crippen molar-refractivity contribution in [2.24, 2.45) is 20.0 Å². The van der Waals surface area contributed by atoms with Crippen LogP contribution < -0.4 is 24.8 Å². The number of aromatic hydroxyl groups is 2. The van der Waals surface area contributed by atoms with Crippen LogP contribution in [0.5, 0.6) is 28.7 Å². The summed E-state index contributed by atoms with van der Waals surface area (Å²) in [5.41, 5.74) is 7.26. The molecule has 10 rings (SSSR count). The fourth-order valence-electron chi connectivity index (χ4n) is 14.6. The van der Waals surface area contributed by atoms with Gasteiger partial charge in [-0.05, 0) is 105 Å².